The largest absolute Gasteiger partial charge is 0.294 e. The van der Waals surface area contributed by atoms with Crippen molar-refractivity contribution in [2.45, 2.75) is 12.3 Å². The van der Waals surface area contributed by atoms with Gasteiger partial charge in [-0.25, -0.2) is 0 Å². The molecule has 0 N–H and O–H groups in total. The third kappa shape index (κ3) is 3.84. The molecule has 120 valence electrons. The Kier molecular flexibility index (Phi) is 5.29. The lowest BCUT2D eigenvalue weighted by Gasteiger charge is -2.19. The number of halogens is 2. The summed E-state index contributed by atoms with van der Waals surface area (Å²) in [5.41, 5.74) is 2.53. The molecule has 2 nitrogen and oxygen atoms in total. The van der Waals surface area contributed by atoms with E-state index in [9.17, 15) is 4.79 Å². The highest BCUT2D eigenvalue weighted by molar-refractivity contribution is 6.35. The van der Waals surface area contributed by atoms with Crippen LogP contribution >= 0.6 is 23.2 Å². The van der Waals surface area contributed by atoms with Crippen molar-refractivity contribution < 1.29 is 4.79 Å². The second-order valence-electron chi connectivity index (χ2n) is 5.50. The number of carbonyl (C=O) groups is 1. The minimum absolute atomic E-state index is 0.0305. The third-order valence-corrected chi connectivity index (χ3v) is 4.48. The SMILES string of the molecule is O=C(CC(c1ccccc1)c1ccc(Cl)cc1Cl)c1cccnc1. The molecule has 0 aliphatic carbocycles. The van der Waals surface area contributed by atoms with Gasteiger partial charge in [-0.05, 0) is 35.4 Å². The predicted octanol–water partition coefficient (Wildman–Crippen LogP) is 5.79. The molecular formula is C20H15Cl2NO. The number of hydrogen-bond acceptors (Lipinski definition) is 2. The summed E-state index contributed by atoms with van der Waals surface area (Å²) in [6, 6.07) is 18.8. The first-order valence-corrected chi connectivity index (χ1v) is 8.34. The van der Waals surface area contributed by atoms with Gasteiger partial charge < -0.3 is 0 Å². The number of carbonyl (C=O) groups excluding carboxylic acids is 1. The summed E-state index contributed by atoms with van der Waals surface area (Å²) >= 11 is 12.4. The van der Waals surface area contributed by atoms with Crippen LogP contribution in [0.5, 0.6) is 0 Å². The smallest absolute Gasteiger partial charge is 0.165 e. The van der Waals surface area contributed by atoms with Gasteiger partial charge >= 0.3 is 0 Å². The van der Waals surface area contributed by atoms with Crippen molar-refractivity contribution in [1.29, 1.82) is 0 Å². The van der Waals surface area contributed by atoms with E-state index in [1.165, 1.54) is 0 Å². The fraction of sp³-hybridized carbons (Fsp3) is 0.100. The molecule has 3 rings (SSSR count). The molecule has 1 heterocycles. The number of hydrogen-bond donors (Lipinski definition) is 0. The van der Waals surface area contributed by atoms with Gasteiger partial charge in [-0.2, -0.15) is 0 Å². The molecule has 0 fully saturated rings. The molecule has 1 atom stereocenters. The number of pyridine rings is 1. The standard InChI is InChI=1S/C20H15Cl2NO/c21-16-8-9-17(19(22)11-16)18(14-5-2-1-3-6-14)12-20(24)15-7-4-10-23-13-15/h1-11,13,18H,12H2. The van der Waals surface area contributed by atoms with E-state index in [0.717, 1.165) is 11.1 Å². The van der Waals surface area contributed by atoms with Crippen LogP contribution in [0.4, 0.5) is 0 Å². The molecule has 1 unspecified atom stereocenters. The van der Waals surface area contributed by atoms with Gasteiger partial charge in [0, 0.05) is 40.3 Å². The maximum absolute atomic E-state index is 12.7. The highest BCUT2D eigenvalue weighted by Gasteiger charge is 2.21. The summed E-state index contributed by atoms with van der Waals surface area (Å²) in [5.74, 6) is -0.105. The second-order valence-corrected chi connectivity index (χ2v) is 6.34. The van der Waals surface area contributed by atoms with Crippen LogP contribution < -0.4 is 0 Å². The Balaban J connectivity index is 1.98. The average molecular weight is 356 g/mol. The van der Waals surface area contributed by atoms with Gasteiger partial charge in [-0.15, -0.1) is 0 Å². The quantitative estimate of drug-likeness (QED) is 0.541. The average Bonchev–Trinajstić information content (AvgIpc) is 2.61. The van der Waals surface area contributed by atoms with Crippen LogP contribution in [0.15, 0.2) is 73.1 Å². The number of Topliss-reactive ketones (excluding diaryl/α,β-unsaturated/α-hetero) is 1. The van der Waals surface area contributed by atoms with Gasteiger partial charge in [-0.1, -0.05) is 59.6 Å². The minimum Gasteiger partial charge on any atom is -0.294 e. The maximum Gasteiger partial charge on any atom is 0.165 e. The lowest BCUT2D eigenvalue weighted by Crippen LogP contribution is -2.10. The van der Waals surface area contributed by atoms with E-state index in [-0.39, 0.29) is 11.7 Å². The summed E-state index contributed by atoms with van der Waals surface area (Å²) < 4.78 is 0. The molecule has 0 spiro atoms. The van der Waals surface area contributed by atoms with Gasteiger partial charge in [0.2, 0.25) is 0 Å². The summed E-state index contributed by atoms with van der Waals surface area (Å²) in [7, 11) is 0. The van der Waals surface area contributed by atoms with E-state index in [1.807, 2.05) is 36.4 Å². The van der Waals surface area contributed by atoms with Crippen molar-refractivity contribution in [2.24, 2.45) is 0 Å². The number of ketones is 1. The van der Waals surface area contributed by atoms with Crippen LogP contribution in [0.25, 0.3) is 0 Å². The monoisotopic (exact) mass is 355 g/mol. The highest BCUT2D eigenvalue weighted by Crippen LogP contribution is 2.35. The van der Waals surface area contributed by atoms with Gasteiger partial charge in [0.15, 0.2) is 5.78 Å². The first-order chi connectivity index (χ1) is 11.6. The highest BCUT2D eigenvalue weighted by atomic mass is 35.5. The van der Waals surface area contributed by atoms with Crippen LogP contribution in [-0.2, 0) is 0 Å². The van der Waals surface area contributed by atoms with Crippen LogP contribution in [0.1, 0.15) is 33.8 Å². The number of aromatic nitrogens is 1. The zero-order valence-electron chi connectivity index (χ0n) is 12.8. The van der Waals surface area contributed by atoms with Gasteiger partial charge in [0.05, 0.1) is 0 Å². The van der Waals surface area contributed by atoms with Crippen LogP contribution in [-0.4, -0.2) is 10.8 Å². The number of nitrogens with zero attached hydrogens (tertiary/aromatic N) is 1. The van der Waals surface area contributed by atoms with E-state index in [1.54, 1.807) is 36.7 Å². The minimum atomic E-state index is -0.135. The molecule has 2 aromatic carbocycles. The Morgan fingerprint density at radius 1 is 1.00 bits per heavy atom. The summed E-state index contributed by atoms with van der Waals surface area (Å²) in [4.78, 5) is 16.7. The van der Waals surface area contributed by atoms with Crippen molar-refractivity contribution in [1.82, 2.24) is 4.98 Å². The zero-order chi connectivity index (χ0) is 16.9. The third-order valence-electron chi connectivity index (χ3n) is 3.91. The van der Waals surface area contributed by atoms with Crippen molar-refractivity contribution in [3.8, 4) is 0 Å². The molecular weight excluding hydrogens is 341 g/mol. The fourth-order valence-electron chi connectivity index (χ4n) is 2.71. The molecule has 0 aliphatic heterocycles. The molecule has 0 saturated heterocycles. The normalized spacial score (nSPS) is 11.9. The molecule has 4 heteroatoms. The van der Waals surface area contributed by atoms with Gasteiger partial charge in [-0.3, -0.25) is 9.78 Å². The lowest BCUT2D eigenvalue weighted by molar-refractivity contribution is 0.0977. The molecule has 0 amide bonds. The van der Waals surface area contributed by atoms with Crippen LogP contribution in [0.3, 0.4) is 0 Å². The fourth-order valence-corrected chi connectivity index (χ4v) is 3.25. The van der Waals surface area contributed by atoms with Gasteiger partial charge in [0.1, 0.15) is 0 Å². The Hall–Kier alpha value is -2.16. The summed E-state index contributed by atoms with van der Waals surface area (Å²) in [6.07, 6.45) is 3.56. The Labute approximate surface area is 151 Å². The van der Waals surface area contributed by atoms with E-state index in [0.29, 0.717) is 22.0 Å². The maximum atomic E-state index is 12.7. The molecule has 0 radical (unpaired) electrons. The van der Waals surface area contributed by atoms with Crippen LogP contribution in [0.2, 0.25) is 10.0 Å². The molecule has 3 aromatic rings. The number of rotatable bonds is 5. The summed E-state index contributed by atoms with van der Waals surface area (Å²) in [5, 5.41) is 1.14. The van der Waals surface area contributed by atoms with Crippen molar-refractivity contribution in [3.63, 3.8) is 0 Å². The Bertz CT molecular complexity index is 835. The van der Waals surface area contributed by atoms with E-state index in [4.69, 9.17) is 23.2 Å². The van der Waals surface area contributed by atoms with Gasteiger partial charge in [0.25, 0.3) is 0 Å². The second kappa shape index (κ2) is 7.61. The molecule has 0 bridgehead atoms. The Morgan fingerprint density at radius 3 is 2.46 bits per heavy atom. The molecule has 24 heavy (non-hydrogen) atoms. The number of benzene rings is 2. The molecule has 0 aliphatic rings. The van der Waals surface area contributed by atoms with Crippen LogP contribution in [0, 0.1) is 0 Å². The lowest BCUT2D eigenvalue weighted by atomic mass is 9.86. The Morgan fingerprint density at radius 2 is 1.79 bits per heavy atom. The first-order valence-electron chi connectivity index (χ1n) is 7.58. The van der Waals surface area contributed by atoms with Crippen molar-refractivity contribution in [3.05, 3.63) is 99.8 Å². The van der Waals surface area contributed by atoms with Crippen molar-refractivity contribution >= 4 is 29.0 Å². The van der Waals surface area contributed by atoms with E-state index >= 15 is 0 Å². The molecule has 1 aromatic heterocycles. The van der Waals surface area contributed by atoms with E-state index < -0.39 is 0 Å². The van der Waals surface area contributed by atoms with E-state index in [2.05, 4.69) is 4.98 Å². The summed E-state index contributed by atoms with van der Waals surface area (Å²) in [6.45, 7) is 0. The topological polar surface area (TPSA) is 30.0 Å². The zero-order valence-corrected chi connectivity index (χ0v) is 14.3. The molecule has 0 saturated carbocycles. The van der Waals surface area contributed by atoms with Crippen molar-refractivity contribution in [2.75, 3.05) is 0 Å². The first kappa shape index (κ1) is 16.7. The predicted molar refractivity (Wildman–Crippen MR) is 97.9 cm³/mol.